The molecule has 0 bridgehead atoms. The number of nitrogens with one attached hydrogen (secondary N) is 1. The number of amides is 1. The second-order valence-electron chi connectivity index (χ2n) is 4.75. The third kappa shape index (κ3) is 3.99. The number of rotatable bonds is 6. The van der Waals surface area contributed by atoms with Gasteiger partial charge in [-0.15, -0.1) is 22.7 Å². The number of thiophene rings is 1. The molecule has 0 saturated heterocycles. The van der Waals surface area contributed by atoms with Gasteiger partial charge in [0.15, 0.2) is 5.13 Å². The second kappa shape index (κ2) is 7.29. The minimum atomic E-state index is 0.0205. The van der Waals surface area contributed by atoms with Crippen LogP contribution in [0.4, 0.5) is 5.13 Å². The highest BCUT2D eigenvalue weighted by Crippen LogP contribution is 2.24. The highest BCUT2D eigenvalue weighted by atomic mass is 32.1. The third-order valence-corrected chi connectivity index (χ3v) is 4.83. The van der Waals surface area contributed by atoms with E-state index in [2.05, 4.69) is 26.7 Å². The highest BCUT2D eigenvalue weighted by Gasteiger charge is 2.08. The van der Waals surface area contributed by atoms with Gasteiger partial charge in [-0.3, -0.25) is 9.78 Å². The number of carbonyl (C=O) groups excluding carboxylic acids is 1. The Morgan fingerprint density at radius 2 is 2.05 bits per heavy atom. The number of nitrogens with zero attached hydrogens (tertiary/aromatic N) is 2. The Morgan fingerprint density at radius 3 is 2.82 bits per heavy atom. The summed E-state index contributed by atoms with van der Waals surface area (Å²) in [4.78, 5) is 21.7. The van der Waals surface area contributed by atoms with Crippen molar-refractivity contribution in [3.05, 3.63) is 52.3 Å². The largest absolute Gasteiger partial charge is 0.302 e. The van der Waals surface area contributed by atoms with Gasteiger partial charge < -0.3 is 5.32 Å². The Kier molecular flexibility index (Phi) is 4.92. The predicted octanol–water partition coefficient (Wildman–Crippen LogP) is 4.23. The lowest BCUT2D eigenvalue weighted by Gasteiger charge is -2.01. The average Bonchev–Trinajstić information content (AvgIpc) is 3.20. The fourth-order valence-electron chi connectivity index (χ4n) is 2.05. The lowest BCUT2D eigenvalue weighted by molar-refractivity contribution is -0.116. The van der Waals surface area contributed by atoms with Crippen LogP contribution in [0.3, 0.4) is 0 Å². The van der Waals surface area contributed by atoms with Crippen LogP contribution >= 0.6 is 22.7 Å². The minimum Gasteiger partial charge on any atom is -0.302 e. The molecule has 0 fully saturated rings. The fourth-order valence-corrected chi connectivity index (χ4v) is 3.53. The molecule has 6 heteroatoms. The Balaban J connectivity index is 1.50. The monoisotopic (exact) mass is 329 g/mol. The summed E-state index contributed by atoms with van der Waals surface area (Å²) in [6.45, 7) is 0. The fraction of sp³-hybridized carbons (Fsp3) is 0.188. The van der Waals surface area contributed by atoms with Crippen LogP contribution in [0.5, 0.6) is 0 Å². The van der Waals surface area contributed by atoms with Gasteiger partial charge in [-0.25, -0.2) is 4.98 Å². The molecule has 112 valence electrons. The first kappa shape index (κ1) is 14.9. The normalized spacial score (nSPS) is 10.5. The van der Waals surface area contributed by atoms with Crippen LogP contribution in [-0.2, 0) is 11.2 Å². The first-order valence-electron chi connectivity index (χ1n) is 6.99. The molecule has 22 heavy (non-hydrogen) atoms. The van der Waals surface area contributed by atoms with Gasteiger partial charge in [-0.05, 0) is 36.4 Å². The van der Waals surface area contributed by atoms with Crippen molar-refractivity contribution < 1.29 is 4.79 Å². The van der Waals surface area contributed by atoms with Gasteiger partial charge in [-0.2, -0.15) is 0 Å². The SMILES string of the molecule is O=C(CCCc1cccs1)Nc1nc(-c2ccncc2)cs1. The van der Waals surface area contributed by atoms with E-state index >= 15 is 0 Å². The number of aromatic nitrogens is 2. The quantitative estimate of drug-likeness (QED) is 0.736. The summed E-state index contributed by atoms with van der Waals surface area (Å²) >= 11 is 3.17. The van der Waals surface area contributed by atoms with Crippen molar-refractivity contribution in [1.29, 1.82) is 0 Å². The van der Waals surface area contributed by atoms with Gasteiger partial charge in [0.1, 0.15) is 0 Å². The maximum Gasteiger partial charge on any atom is 0.226 e. The minimum absolute atomic E-state index is 0.0205. The topological polar surface area (TPSA) is 54.9 Å². The van der Waals surface area contributed by atoms with E-state index in [-0.39, 0.29) is 5.91 Å². The Hall–Kier alpha value is -2.05. The van der Waals surface area contributed by atoms with Crippen LogP contribution in [0.2, 0.25) is 0 Å². The molecule has 0 saturated carbocycles. The number of thiazole rings is 1. The summed E-state index contributed by atoms with van der Waals surface area (Å²) in [5.74, 6) is 0.0205. The number of pyridine rings is 1. The van der Waals surface area contributed by atoms with Gasteiger partial charge in [0.2, 0.25) is 5.91 Å². The van der Waals surface area contributed by atoms with Crippen LogP contribution in [0.1, 0.15) is 17.7 Å². The van der Waals surface area contributed by atoms with Crippen molar-refractivity contribution in [2.75, 3.05) is 5.32 Å². The molecule has 1 amide bonds. The van der Waals surface area contributed by atoms with E-state index in [9.17, 15) is 4.79 Å². The van der Waals surface area contributed by atoms with Gasteiger partial charge in [0.25, 0.3) is 0 Å². The van der Waals surface area contributed by atoms with Crippen LogP contribution in [0, 0.1) is 0 Å². The zero-order chi connectivity index (χ0) is 15.2. The van der Waals surface area contributed by atoms with Crippen LogP contribution in [0.25, 0.3) is 11.3 Å². The number of anilines is 1. The maximum atomic E-state index is 11.9. The molecule has 0 aliphatic heterocycles. The van der Waals surface area contributed by atoms with Crippen molar-refractivity contribution in [3.8, 4) is 11.3 Å². The summed E-state index contributed by atoms with van der Waals surface area (Å²) in [6, 6.07) is 7.95. The number of aryl methyl sites for hydroxylation is 1. The molecule has 3 heterocycles. The van der Waals surface area contributed by atoms with Crippen molar-refractivity contribution in [1.82, 2.24) is 9.97 Å². The second-order valence-corrected chi connectivity index (χ2v) is 6.65. The molecular formula is C16H15N3OS2. The average molecular weight is 329 g/mol. The standard InChI is InChI=1S/C16H15N3OS2/c20-15(5-1-3-13-4-2-10-21-13)19-16-18-14(11-22-16)12-6-8-17-9-7-12/h2,4,6-11H,1,3,5H2,(H,18,19,20). The number of hydrogen-bond acceptors (Lipinski definition) is 5. The number of carbonyl (C=O) groups is 1. The van der Waals surface area contributed by atoms with Crippen molar-refractivity contribution >= 4 is 33.7 Å². The van der Waals surface area contributed by atoms with Crippen molar-refractivity contribution in [2.45, 2.75) is 19.3 Å². The summed E-state index contributed by atoms with van der Waals surface area (Å²) in [5.41, 5.74) is 1.87. The molecule has 0 unspecified atom stereocenters. The van der Waals surface area contributed by atoms with E-state index in [1.165, 1.54) is 16.2 Å². The molecule has 0 aliphatic carbocycles. The molecule has 0 spiro atoms. The lowest BCUT2D eigenvalue weighted by atomic mass is 10.2. The van der Waals surface area contributed by atoms with E-state index < -0.39 is 0 Å². The van der Waals surface area contributed by atoms with E-state index in [4.69, 9.17) is 0 Å². The summed E-state index contributed by atoms with van der Waals surface area (Å²) in [6.07, 6.45) is 5.79. The Morgan fingerprint density at radius 1 is 1.18 bits per heavy atom. The first-order valence-corrected chi connectivity index (χ1v) is 8.75. The molecule has 1 N–H and O–H groups in total. The zero-order valence-corrected chi connectivity index (χ0v) is 13.5. The van der Waals surface area contributed by atoms with Crippen molar-refractivity contribution in [2.24, 2.45) is 0 Å². The molecular weight excluding hydrogens is 314 g/mol. The summed E-state index contributed by atoms with van der Waals surface area (Å²) < 4.78 is 0. The maximum absolute atomic E-state index is 11.9. The van der Waals surface area contributed by atoms with Gasteiger partial charge in [0.05, 0.1) is 5.69 Å². The summed E-state index contributed by atoms with van der Waals surface area (Å²) in [5, 5.41) is 7.52. The molecule has 0 radical (unpaired) electrons. The first-order chi connectivity index (χ1) is 10.8. The van der Waals surface area contributed by atoms with Crippen LogP contribution < -0.4 is 5.32 Å². The molecule has 3 aromatic heterocycles. The van der Waals surface area contributed by atoms with E-state index in [1.807, 2.05) is 23.6 Å². The van der Waals surface area contributed by atoms with Crippen LogP contribution in [0.15, 0.2) is 47.4 Å². The third-order valence-electron chi connectivity index (χ3n) is 3.13. The molecule has 0 aliphatic rings. The predicted molar refractivity (Wildman–Crippen MR) is 91.2 cm³/mol. The molecule has 3 aromatic rings. The van der Waals surface area contributed by atoms with Gasteiger partial charge >= 0.3 is 0 Å². The molecule has 0 atom stereocenters. The van der Waals surface area contributed by atoms with Gasteiger partial charge in [0, 0.05) is 34.6 Å². The molecule has 0 aromatic carbocycles. The van der Waals surface area contributed by atoms with E-state index in [1.54, 1.807) is 23.7 Å². The van der Waals surface area contributed by atoms with E-state index in [0.717, 1.165) is 24.1 Å². The van der Waals surface area contributed by atoms with Crippen LogP contribution in [-0.4, -0.2) is 15.9 Å². The summed E-state index contributed by atoms with van der Waals surface area (Å²) in [7, 11) is 0. The molecule has 3 rings (SSSR count). The van der Waals surface area contributed by atoms with Crippen molar-refractivity contribution in [3.63, 3.8) is 0 Å². The zero-order valence-electron chi connectivity index (χ0n) is 11.9. The molecule has 4 nitrogen and oxygen atoms in total. The Labute approximate surface area is 136 Å². The van der Waals surface area contributed by atoms with Gasteiger partial charge in [-0.1, -0.05) is 6.07 Å². The number of hydrogen-bond donors (Lipinski definition) is 1. The highest BCUT2D eigenvalue weighted by molar-refractivity contribution is 7.14. The van der Waals surface area contributed by atoms with E-state index in [0.29, 0.717) is 11.6 Å². The lowest BCUT2D eigenvalue weighted by Crippen LogP contribution is -2.11. The smallest absolute Gasteiger partial charge is 0.226 e. The Bertz CT molecular complexity index is 723.